The van der Waals surface area contributed by atoms with Crippen LogP contribution in [0, 0.1) is 0 Å². The SMILES string of the molecule is C/C(N)=C(\c1cnc2c(-c3cnn(CC(F)(F)F)c3)cn(CC3(F)CCC(F)(F)CC3)c2c1)N(C)N. The maximum absolute atomic E-state index is 15.7. The monoisotopic (exact) mass is 515 g/mol. The molecule has 1 aliphatic rings. The second kappa shape index (κ2) is 9.02. The third-order valence-corrected chi connectivity index (χ3v) is 6.33. The number of hydrazine groups is 1. The lowest BCUT2D eigenvalue weighted by Gasteiger charge is -2.34. The van der Waals surface area contributed by atoms with Gasteiger partial charge >= 0.3 is 6.18 Å². The molecule has 0 amide bonds. The van der Waals surface area contributed by atoms with E-state index in [0.717, 1.165) is 4.68 Å². The number of hydrogen-bond donors (Lipinski definition) is 2. The van der Waals surface area contributed by atoms with E-state index in [2.05, 4.69) is 10.1 Å². The van der Waals surface area contributed by atoms with Crippen LogP contribution in [-0.4, -0.2) is 49.2 Å². The third kappa shape index (κ3) is 5.45. The van der Waals surface area contributed by atoms with Gasteiger partial charge in [0.15, 0.2) is 0 Å². The molecule has 0 bridgehead atoms. The van der Waals surface area contributed by atoms with Crippen LogP contribution in [0.3, 0.4) is 0 Å². The van der Waals surface area contributed by atoms with E-state index < -0.39 is 37.2 Å². The average Bonchev–Trinajstić information content (AvgIpc) is 3.33. The van der Waals surface area contributed by atoms with Crippen LogP contribution >= 0.6 is 0 Å². The molecule has 4 rings (SSSR count). The Morgan fingerprint density at radius 1 is 1.11 bits per heavy atom. The predicted molar refractivity (Wildman–Crippen MR) is 123 cm³/mol. The van der Waals surface area contributed by atoms with Crippen molar-refractivity contribution in [3.8, 4) is 11.1 Å². The average molecular weight is 516 g/mol. The molecule has 0 spiro atoms. The highest BCUT2D eigenvalue weighted by Gasteiger charge is 2.44. The highest BCUT2D eigenvalue weighted by atomic mass is 19.4. The molecule has 3 aromatic heterocycles. The van der Waals surface area contributed by atoms with E-state index in [9.17, 15) is 22.0 Å². The zero-order valence-electron chi connectivity index (χ0n) is 19.8. The Hall–Kier alpha value is -3.22. The van der Waals surface area contributed by atoms with E-state index >= 15 is 4.39 Å². The third-order valence-electron chi connectivity index (χ3n) is 6.33. The summed E-state index contributed by atoms with van der Waals surface area (Å²) >= 11 is 0. The molecule has 3 heterocycles. The van der Waals surface area contributed by atoms with Gasteiger partial charge in [-0.1, -0.05) is 0 Å². The maximum Gasteiger partial charge on any atom is 0.408 e. The highest BCUT2D eigenvalue weighted by molar-refractivity contribution is 5.94. The summed E-state index contributed by atoms with van der Waals surface area (Å²) in [5, 5.41) is 5.10. The Bertz CT molecular complexity index is 1270. The van der Waals surface area contributed by atoms with Crippen molar-refractivity contribution in [2.45, 2.75) is 63.5 Å². The van der Waals surface area contributed by atoms with Crippen molar-refractivity contribution in [1.29, 1.82) is 0 Å². The number of alkyl halides is 6. The van der Waals surface area contributed by atoms with Gasteiger partial charge in [-0.15, -0.1) is 0 Å². The minimum atomic E-state index is -4.45. The minimum absolute atomic E-state index is 0.222. The first kappa shape index (κ1) is 25.9. The van der Waals surface area contributed by atoms with Gasteiger partial charge in [-0.25, -0.2) is 19.0 Å². The first-order chi connectivity index (χ1) is 16.7. The Morgan fingerprint density at radius 2 is 1.78 bits per heavy atom. The van der Waals surface area contributed by atoms with Gasteiger partial charge in [0.25, 0.3) is 0 Å². The summed E-state index contributed by atoms with van der Waals surface area (Å²) in [6.07, 6.45) is -0.610. The Balaban J connectivity index is 1.81. The van der Waals surface area contributed by atoms with Crippen molar-refractivity contribution in [1.82, 2.24) is 24.3 Å². The molecule has 0 saturated heterocycles. The van der Waals surface area contributed by atoms with Gasteiger partial charge in [0, 0.05) is 60.9 Å². The molecule has 13 heteroatoms. The van der Waals surface area contributed by atoms with Gasteiger partial charge in [-0.2, -0.15) is 18.3 Å². The molecule has 0 aliphatic heterocycles. The van der Waals surface area contributed by atoms with Crippen molar-refractivity contribution in [2.75, 3.05) is 7.05 Å². The van der Waals surface area contributed by atoms with Crippen molar-refractivity contribution in [3.63, 3.8) is 0 Å². The molecular formula is C23H27F6N7. The van der Waals surface area contributed by atoms with Gasteiger partial charge in [-0.3, -0.25) is 9.67 Å². The summed E-state index contributed by atoms with van der Waals surface area (Å²) in [7, 11) is 1.59. The summed E-state index contributed by atoms with van der Waals surface area (Å²) in [6.45, 7) is 0.166. The molecule has 1 saturated carbocycles. The lowest BCUT2D eigenvalue weighted by molar-refractivity contribution is -0.142. The molecule has 4 N–H and O–H groups in total. The number of rotatable bonds is 6. The first-order valence-electron chi connectivity index (χ1n) is 11.3. The highest BCUT2D eigenvalue weighted by Crippen LogP contribution is 2.42. The molecule has 0 atom stereocenters. The summed E-state index contributed by atoms with van der Waals surface area (Å²) in [5.41, 5.74) is 7.17. The van der Waals surface area contributed by atoms with E-state index in [1.54, 1.807) is 30.8 Å². The summed E-state index contributed by atoms with van der Waals surface area (Å²) in [4.78, 5) is 4.49. The smallest absolute Gasteiger partial charge is 0.401 e. The van der Waals surface area contributed by atoms with Gasteiger partial charge < -0.3 is 15.3 Å². The molecule has 1 fully saturated rings. The zero-order valence-corrected chi connectivity index (χ0v) is 19.8. The summed E-state index contributed by atoms with van der Waals surface area (Å²) in [6, 6.07) is 1.70. The van der Waals surface area contributed by atoms with Crippen molar-refractivity contribution < 1.29 is 26.3 Å². The van der Waals surface area contributed by atoms with Gasteiger partial charge in [0.05, 0.1) is 29.5 Å². The Labute approximate surface area is 203 Å². The number of fused-ring (bicyclic) bond motifs is 1. The maximum atomic E-state index is 15.7. The van der Waals surface area contributed by atoms with Crippen molar-refractivity contribution >= 4 is 16.7 Å². The molecule has 3 aromatic rings. The van der Waals surface area contributed by atoms with Gasteiger partial charge in [0.2, 0.25) is 5.92 Å². The van der Waals surface area contributed by atoms with Crippen LogP contribution in [0.15, 0.2) is 36.6 Å². The van der Waals surface area contributed by atoms with E-state index in [4.69, 9.17) is 11.6 Å². The van der Waals surface area contributed by atoms with Crippen LogP contribution in [0.4, 0.5) is 26.3 Å². The van der Waals surface area contributed by atoms with Crippen molar-refractivity contribution in [3.05, 3.63) is 42.1 Å². The number of nitrogens with zero attached hydrogens (tertiary/aromatic N) is 5. The second-order valence-corrected chi connectivity index (χ2v) is 9.45. The van der Waals surface area contributed by atoms with Crippen LogP contribution in [0.5, 0.6) is 0 Å². The topological polar surface area (TPSA) is 90.9 Å². The Morgan fingerprint density at radius 3 is 2.36 bits per heavy atom. The fourth-order valence-corrected chi connectivity index (χ4v) is 4.65. The van der Waals surface area contributed by atoms with Gasteiger partial charge in [0.1, 0.15) is 12.2 Å². The van der Waals surface area contributed by atoms with Crippen LogP contribution in [0.2, 0.25) is 0 Å². The first-order valence-corrected chi connectivity index (χ1v) is 11.3. The largest absolute Gasteiger partial charge is 0.408 e. The molecule has 0 aromatic carbocycles. The van der Waals surface area contributed by atoms with Crippen LogP contribution in [-0.2, 0) is 13.1 Å². The van der Waals surface area contributed by atoms with E-state index in [0.29, 0.717) is 39.1 Å². The quantitative estimate of drug-likeness (QED) is 0.279. The van der Waals surface area contributed by atoms with E-state index in [1.807, 2.05) is 0 Å². The zero-order chi connectivity index (χ0) is 26.5. The van der Waals surface area contributed by atoms with Gasteiger partial charge in [-0.05, 0) is 25.8 Å². The van der Waals surface area contributed by atoms with Crippen LogP contribution < -0.4 is 11.6 Å². The Kier molecular flexibility index (Phi) is 6.48. The number of halogens is 6. The summed E-state index contributed by atoms with van der Waals surface area (Å²) < 4.78 is 83.8. The van der Waals surface area contributed by atoms with E-state index in [-0.39, 0.29) is 19.4 Å². The molecular weight excluding hydrogens is 488 g/mol. The lowest BCUT2D eigenvalue weighted by atomic mass is 9.84. The number of aromatic nitrogens is 4. The van der Waals surface area contributed by atoms with Crippen molar-refractivity contribution in [2.24, 2.45) is 11.6 Å². The predicted octanol–water partition coefficient (Wildman–Crippen LogP) is 4.83. The molecule has 7 nitrogen and oxygen atoms in total. The number of allylic oxidation sites excluding steroid dienone is 1. The molecule has 1 aliphatic carbocycles. The second-order valence-electron chi connectivity index (χ2n) is 9.45. The minimum Gasteiger partial charge on any atom is -0.401 e. The molecule has 196 valence electrons. The fraction of sp³-hybridized carbons (Fsp3) is 0.478. The normalized spacial score (nSPS) is 18.4. The number of pyridine rings is 1. The molecule has 0 unspecified atom stereocenters. The number of nitrogens with two attached hydrogens (primary N) is 2. The standard InChI is InChI=1S/C23H27F6N7/c1-14(30)20(34(2)31)15-7-18-19(32-8-15)17(16-9-33-36(10-16)13-23(27,28)29)11-35(18)12-21(24)3-5-22(25,26)6-4-21/h7-11H,3-6,12-13,30-31H2,1-2H3/b20-14-. The lowest BCUT2D eigenvalue weighted by Crippen LogP contribution is -2.38. The molecule has 36 heavy (non-hydrogen) atoms. The summed E-state index contributed by atoms with van der Waals surface area (Å²) in [5.74, 6) is 3.03. The van der Waals surface area contributed by atoms with E-state index in [1.165, 1.54) is 23.6 Å². The molecule has 0 radical (unpaired) electrons. The number of hydrogen-bond acceptors (Lipinski definition) is 5. The van der Waals surface area contributed by atoms with Crippen LogP contribution in [0.1, 0.15) is 38.2 Å². The fourth-order valence-electron chi connectivity index (χ4n) is 4.65. The van der Waals surface area contributed by atoms with Crippen LogP contribution in [0.25, 0.3) is 27.9 Å².